The normalized spacial score (nSPS) is 10.0. The van der Waals surface area contributed by atoms with Crippen molar-refractivity contribution in [2.24, 2.45) is 0 Å². The summed E-state index contributed by atoms with van der Waals surface area (Å²) in [6.07, 6.45) is 6.19. The lowest BCUT2D eigenvalue weighted by molar-refractivity contribution is 0.0945. The predicted octanol–water partition coefficient (Wildman–Crippen LogP) is 0.868. The quantitative estimate of drug-likeness (QED) is 0.880. The van der Waals surface area contributed by atoms with Crippen molar-refractivity contribution in [2.75, 3.05) is 19.0 Å². The Kier molecular flexibility index (Phi) is 4.02. The molecule has 0 bridgehead atoms. The first-order valence-corrected chi connectivity index (χ1v) is 5.83. The Hall–Kier alpha value is -2.50. The fourth-order valence-corrected chi connectivity index (χ4v) is 1.48. The first-order chi connectivity index (χ1) is 9.16. The lowest BCUT2D eigenvalue weighted by Crippen LogP contribution is -2.24. The number of nitrogens with one attached hydrogen (secondary N) is 1. The van der Waals surface area contributed by atoms with Crippen LogP contribution in [0.3, 0.4) is 0 Å². The van der Waals surface area contributed by atoms with Crippen LogP contribution < -0.4 is 10.2 Å². The van der Waals surface area contributed by atoms with Crippen molar-refractivity contribution in [1.29, 1.82) is 0 Å². The molecule has 1 amide bonds. The Labute approximate surface area is 111 Å². The third-order valence-electron chi connectivity index (χ3n) is 2.52. The zero-order valence-corrected chi connectivity index (χ0v) is 10.9. The van der Waals surface area contributed by atoms with E-state index < -0.39 is 0 Å². The van der Waals surface area contributed by atoms with Gasteiger partial charge in [-0.2, -0.15) is 0 Å². The molecule has 2 aromatic heterocycles. The summed E-state index contributed by atoms with van der Waals surface area (Å²) < 4.78 is 0. The monoisotopic (exact) mass is 257 g/mol. The SMILES string of the molecule is CN(C)c1ccc(CNC(=O)c2cnccn2)cn1. The van der Waals surface area contributed by atoms with Gasteiger partial charge in [0.05, 0.1) is 6.20 Å². The van der Waals surface area contributed by atoms with Gasteiger partial charge in [0.1, 0.15) is 11.5 Å². The molecule has 0 aliphatic heterocycles. The molecule has 0 saturated carbocycles. The number of aromatic nitrogens is 3. The van der Waals surface area contributed by atoms with Crippen LogP contribution in [0.1, 0.15) is 16.1 Å². The molecule has 98 valence electrons. The molecule has 19 heavy (non-hydrogen) atoms. The molecular weight excluding hydrogens is 242 g/mol. The third-order valence-corrected chi connectivity index (χ3v) is 2.52. The molecule has 6 heteroatoms. The summed E-state index contributed by atoms with van der Waals surface area (Å²) >= 11 is 0. The van der Waals surface area contributed by atoms with Gasteiger partial charge in [0.25, 0.3) is 5.91 Å². The van der Waals surface area contributed by atoms with Gasteiger partial charge in [-0.25, -0.2) is 9.97 Å². The average molecular weight is 257 g/mol. The Balaban J connectivity index is 1.94. The van der Waals surface area contributed by atoms with Gasteiger partial charge in [-0.15, -0.1) is 0 Å². The van der Waals surface area contributed by atoms with Gasteiger partial charge in [-0.05, 0) is 11.6 Å². The summed E-state index contributed by atoms with van der Waals surface area (Å²) in [5.41, 5.74) is 1.24. The number of pyridine rings is 1. The van der Waals surface area contributed by atoms with E-state index in [0.717, 1.165) is 11.4 Å². The smallest absolute Gasteiger partial charge is 0.271 e. The molecular formula is C13H15N5O. The molecule has 0 unspecified atom stereocenters. The van der Waals surface area contributed by atoms with Crippen LogP contribution in [0, 0.1) is 0 Å². The maximum Gasteiger partial charge on any atom is 0.271 e. The van der Waals surface area contributed by atoms with Gasteiger partial charge in [-0.1, -0.05) is 6.07 Å². The number of carbonyl (C=O) groups excluding carboxylic acids is 1. The van der Waals surface area contributed by atoms with Crippen LogP contribution in [-0.2, 0) is 6.54 Å². The predicted molar refractivity (Wildman–Crippen MR) is 71.8 cm³/mol. The minimum atomic E-state index is -0.246. The molecule has 0 aromatic carbocycles. The van der Waals surface area contributed by atoms with Gasteiger partial charge >= 0.3 is 0 Å². The number of carbonyl (C=O) groups is 1. The minimum Gasteiger partial charge on any atom is -0.363 e. The molecule has 0 aliphatic carbocycles. The van der Waals surface area contributed by atoms with E-state index in [1.54, 1.807) is 6.20 Å². The lowest BCUT2D eigenvalue weighted by atomic mass is 10.2. The largest absolute Gasteiger partial charge is 0.363 e. The highest BCUT2D eigenvalue weighted by molar-refractivity contribution is 5.91. The molecule has 6 nitrogen and oxygen atoms in total. The number of anilines is 1. The second-order valence-electron chi connectivity index (χ2n) is 4.19. The lowest BCUT2D eigenvalue weighted by Gasteiger charge is -2.11. The summed E-state index contributed by atoms with van der Waals surface area (Å²) in [4.78, 5) is 25.7. The average Bonchev–Trinajstić information content (AvgIpc) is 2.46. The van der Waals surface area contributed by atoms with Crippen molar-refractivity contribution < 1.29 is 4.79 Å². The van der Waals surface area contributed by atoms with Crippen LogP contribution in [0.5, 0.6) is 0 Å². The van der Waals surface area contributed by atoms with Crippen molar-refractivity contribution in [2.45, 2.75) is 6.54 Å². The maximum absolute atomic E-state index is 11.8. The van der Waals surface area contributed by atoms with Gasteiger partial charge < -0.3 is 10.2 Å². The molecule has 2 aromatic rings. The van der Waals surface area contributed by atoms with Crippen molar-refractivity contribution in [1.82, 2.24) is 20.3 Å². The van der Waals surface area contributed by atoms with E-state index in [4.69, 9.17) is 0 Å². The second kappa shape index (κ2) is 5.90. The molecule has 2 heterocycles. The van der Waals surface area contributed by atoms with Crippen molar-refractivity contribution in [3.05, 3.63) is 48.2 Å². The maximum atomic E-state index is 11.8. The zero-order chi connectivity index (χ0) is 13.7. The van der Waals surface area contributed by atoms with E-state index in [1.165, 1.54) is 18.6 Å². The number of rotatable bonds is 4. The van der Waals surface area contributed by atoms with Gasteiger partial charge in [0.2, 0.25) is 0 Å². The van der Waals surface area contributed by atoms with Crippen molar-refractivity contribution in [3.63, 3.8) is 0 Å². The van der Waals surface area contributed by atoms with Gasteiger partial charge in [-0.3, -0.25) is 9.78 Å². The highest BCUT2D eigenvalue weighted by Crippen LogP contribution is 2.07. The highest BCUT2D eigenvalue weighted by Gasteiger charge is 2.06. The fourth-order valence-electron chi connectivity index (χ4n) is 1.48. The van der Waals surface area contributed by atoms with E-state index in [1.807, 2.05) is 31.1 Å². The van der Waals surface area contributed by atoms with Crippen LogP contribution in [0.2, 0.25) is 0 Å². The first-order valence-electron chi connectivity index (χ1n) is 5.83. The Morgan fingerprint density at radius 2 is 2.05 bits per heavy atom. The van der Waals surface area contributed by atoms with Crippen LogP contribution in [-0.4, -0.2) is 35.0 Å². The van der Waals surface area contributed by atoms with E-state index in [9.17, 15) is 4.79 Å². The summed E-state index contributed by atoms with van der Waals surface area (Å²) in [6.45, 7) is 0.413. The highest BCUT2D eigenvalue weighted by atomic mass is 16.1. The van der Waals surface area contributed by atoms with E-state index in [2.05, 4.69) is 20.3 Å². The summed E-state index contributed by atoms with van der Waals surface area (Å²) in [6, 6.07) is 3.84. The van der Waals surface area contributed by atoms with Gasteiger partial charge in [0, 0.05) is 39.2 Å². The van der Waals surface area contributed by atoms with E-state index in [0.29, 0.717) is 12.2 Å². The molecule has 0 aliphatic rings. The molecule has 0 radical (unpaired) electrons. The molecule has 0 spiro atoms. The van der Waals surface area contributed by atoms with Crippen LogP contribution in [0.15, 0.2) is 36.9 Å². The number of nitrogens with zero attached hydrogens (tertiary/aromatic N) is 4. The second-order valence-corrected chi connectivity index (χ2v) is 4.19. The molecule has 1 N–H and O–H groups in total. The first kappa shape index (κ1) is 12.9. The Morgan fingerprint density at radius 3 is 2.63 bits per heavy atom. The summed E-state index contributed by atoms with van der Waals surface area (Å²) in [7, 11) is 3.86. The van der Waals surface area contributed by atoms with Crippen LogP contribution in [0.4, 0.5) is 5.82 Å². The fraction of sp³-hybridized carbons (Fsp3) is 0.231. The van der Waals surface area contributed by atoms with Crippen molar-refractivity contribution >= 4 is 11.7 Å². The Morgan fingerprint density at radius 1 is 1.21 bits per heavy atom. The number of hydrogen-bond donors (Lipinski definition) is 1. The van der Waals surface area contributed by atoms with Crippen LogP contribution in [0.25, 0.3) is 0 Å². The molecule has 0 saturated heterocycles. The van der Waals surface area contributed by atoms with Crippen molar-refractivity contribution in [3.8, 4) is 0 Å². The number of amides is 1. The standard InChI is InChI=1S/C13H15N5O/c1-18(2)12-4-3-10(7-16-12)8-17-13(19)11-9-14-5-6-15-11/h3-7,9H,8H2,1-2H3,(H,17,19). The van der Waals surface area contributed by atoms with Crippen LogP contribution >= 0.6 is 0 Å². The van der Waals surface area contributed by atoms with E-state index >= 15 is 0 Å². The summed E-state index contributed by atoms with van der Waals surface area (Å²) in [5, 5.41) is 2.77. The Bertz CT molecular complexity index is 539. The number of hydrogen-bond acceptors (Lipinski definition) is 5. The molecule has 0 atom stereocenters. The zero-order valence-electron chi connectivity index (χ0n) is 10.9. The van der Waals surface area contributed by atoms with E-state index in [-0.39, 0.29) is 5.91 Å². The molecule has 0 fully saturated rings. The van der Waals surface area contributed by atoms with Gasteiger partial charge in [0.15, 0.2) is 0 Å². The third kappa shape index (κ3) is 3.48. The summed E-state index contributed by atoms with van der Waals surface area (Å²) in [5.74, 6) is 0.633. The minimum absolute atomic E-state index is 0.246. The topological polar surface area (TPSA) is 71.0 Å². The molecule has 2 rings (SSSR count).